The van der Waals surface area contributed by atoms with E-state index in [0.29, 0.717) is 31.5 Å². The summed E-state index contributed by atoms with van der Waals surface area (Å²) >= 11 is 0. The van der Waals surface area contributed by atoms with E-state index in [1.807, 2.05) is 12.2 Å². The van der Waals surface area contributed by atoms with Gasteiger partial charge in [0.2, 0.25) is 0 Å². The Morgan fingerprint density at radius 3 is 2.09 bits per heavy atom. The van der Waals surface area contributed by atoms with Gasteiger partial charge in [-0.25, -0.2) is 13.9 Å². The molecule has 0 radical (unpaired) electrons. The van der Waals surface area contributed by atoms with E-state index in [9.17, 15) is 43.5 Å². The van der Waals surface area contributed by atoms with Gasteiger partial charge in [-0.2, -0.15) is 9.29 Å². The lowest BCUT2D eigenvalue weighted by Crippen LogP contribution is -2.36. The molecule has 3 rings (SSSR count). The zero-order chi connectivity index (χ0) is 49.8. The van der Waals surface area contributed by atoms with Crippen LogP contribution in [0.15, 0.2) is 53.5 Å². The number of anilines is 1. The van der Waals surface area contributed by atoms with Gasteiger partial charge in [-0.15, -0.1) is 0 Å². The van der Waals surface area contributed by atoms with Crippen LogP contribution in [-0.2, 0) is 51.0 Å². The number of rotatable bonds is 38. The number of aliphatic hydroxyl groups excluding tert-OH is 2. The third-order valence-electron chi connectivity index (χ3n) is 11.3. The molecule has 1 aromatic heterocycles. The summed E-state index contributed by atoms with van der Waals surface area (Å²) < 4.78 is 62.4. The van der Waals surface area contributed by atoms with Crippen molar-refractivity contribution in [1.82, 2.24) is 9.55 Å². The molecule has 2 fully saturated rings. The maximum atomic E-state index is 12.8. The van der Waals surface area contributed by atoms with Gasteiger partial charge in [0, 0.05) is 19.0 Å². The number of unbranched alkanes of at least 4 members (excludes halogenated alkanes) is 11. The number of allylic oxidation sites excluding steroid dienone is 5. The van der Waals surface area contributed by atoms with Crippen molar-refractivity contribution in [3.05, 3.63) is 59.2 Å². The minimum Gasteiger partial charge on any atom is -0.462 e. The topological polar surface area (TPSA) is 278 Å². The lowest BCUT2D eigenvalue weighted by Gasteiger charge is -2.21. The summed E-state index contributed by atoms with van der Waals surface area (Å²) in [4.78, 5) is 61.8. The van der Waals surface area contributed by atoms with Crippen molar-refractivity contribution in [2.24, 2.45) is 5.92 Å². The normalized spacial score (nSPS) is 22.8. The molecule has 2 saturated heterocycles. The number of ether oxygens (including phenoxy) is 4. The molecule has 0 saturated carbocycles. The molecule has 0 aromatic carbocycles. The number of nitrogen functional groups attached to an aromatic ring is 1. The monoisotopic (exact) mass is 1000 g/mol. The minimum absolute atomic E-state index is 0.0291. The summed E-state index contributed by atoms with van der Waals surface area (Å²) in [6.07, 6.45) is 25.8. The number of phosphoric acid groups is 2. The van der Waals surface area contributed by atoms with E-state index in [4.69, 9.17) is 33.7 Å². The second-order valence-corrected chi connectivity index (χ2v) is 20.9. The lowest BCUT2D eigenvalue weighted by molar-refractivity contribution is -0.161. The average molecular weight is 1000 g/mol. The number of epoxide rings is 1. The van der Waals surface area contributed by atoms with Crippen LogP contribution in [-0.4, -0.2) is 97.9 Å². The Labute approximate surface area is 402 Å². The van der Waals surface area contributed by atoms with Crippen LogP contribution in [0.25, 0.3) is 0 Å². The number of nitrogens with two attached hydrogens (primary N) is 1. The average Bonchev–Trinajstić information content (AvgIpc) is 3.97. The fourth-order valence-corrected chi connectivity index (χ4v) is 9.52. The highest BCUT2D eigenvalue weighted by molar-refractivity contribution is 7.61. The molecular formula is C47H79N3O16P2. The maximum Gasteiger partial charge on any atom is 0.481 e. The molecule has 2 aliphatic heterocycles. The van der Waals surface area contributed by atoms with Crippen molar-refractivity contribution in [3.63, 3.8) is 0 Å². The Balaban J connectivity index is 1.42. The molecule has 21 heteroatoms. The van der Waals surface area contributed by atoms with E-state index in [2.05, 4.69) is 54.4 Å². The molecule has 19 nitrogen and oxygen atoms in total. The molecule has 68 heavy (non-hydrogen) atoms. The van der Waals surface area contributed by atoms with Crippen LogP contribution in [0.1, 0.15) is 162 Å². The molecular weight excluding hydrogens is 924 g/mol. The van der Waals surface area contributed by atoms with Crippen LogP contribution >= 0.6 is 15.6 Å². The van der Waals surface area contributed by atoms with Crippen LogP contribution < -0.4 is 11.4 Å². The van der Waals surface area contributed by atoms with Crippen LogP contribution in [0.3, 0.4) is 0 Å². The van der Waals surface area contributed by atoms with Gasteiger partial charge < -0.3 is 44.7 Å². The first-order valence-corrected chi connectivity index (χ1v) is 27.5. The summed E-state index contributed by atoms with van der Waals surface area (Å²) in [7, 11) is -10.9. The molecule has 4 unspecified atom stereocenters. The van der Waals surface area contributed by atoms with Gasteiger partial charge in [0.15, 0.2) is 12.3 Å². The molecule has 0 bridgehead atoms. The van der Waals surface area contributed by atoms with Crippen molar-refractivity contribution >= 4 is 33.4 Å². The third-order valence-corrected chi connectivity index (χ3v) is 13.9. The van der Waals surface area contributed by atoms with Gasteiger partial charge in [-0.05, 0) is 56.9 Å². The Bertz CT molecular complexity index is 1860. The standard InChI is InChI=1S/C47H79N3O16P2/c1-4-5-21-27-38-39(64-38)28-23-18-14-10-6-7-11-16-20-25-30-43(52)63-37(33-60-42(51)29-24-19-15-12-8-9-13-17-22-26-36(2)3)34-61-67(56,57)66-68(58,59)62-35-40-44(53)45(54)46(65-40)50-32-31-41(48)49-47(50)55/h6,10-11,16,18,23,31-32,36-40,44-46,53-54H,4-5,7-9,12-15,17,19-22,24-30,33-35H2,1-3H3,(H,56,57)(H,58,59)(H2,48,49,55)/b10-6-,16-11-,23-18-/t37-,38?,39?,40-,44-,45-,46-/m1/s1. The van der Waals surface area contributed by atoms with Crippen LogP contribution in [0, 0.1) is 5.92 Å². The fraction of sp³-hybridized carbons (Fsp3) is 0.745. The van der Waals surface area contributed by atoms with Crippen molar-refractivity contribution in [1.29, 1.82) is 0 Å². The first kappa shape index (κ1) is 59.2. The van der Waals surface area contributed by atoms with E-state index >= 15 is 0 Å². The summed E-state index contributed by atoms with van der Waals surface area (Å²) in [5, 5.41) is 20.9. The van der Waals surface area contributed by atoms with Gasteiger partial charge in [0.1, 0.15) is 30.7 Å². The number of esters is 2. The van der Waals surface area contributed by atoms with Crippen molar-refractivity contribution < 1.29 is 71.0 Å². The number of aliphatic hydroxyl groups is 2. The van der Waals surface area contributed by atoms with E-state index in [-0.39, 0.29) is 18.7 Å². The molecule has 3 heterocycles. The maximum absolute atomic E-state index is 12.8. The van der Waals surface area contributed by atoms with Gasteiger partial charge in [-0.3, -0.25) is 23.2 Å². The zero-order valence-electron chi connectivity index (χ0n) is 40.3. The molecule has 2 aliphatic rings. The number of carbonyl (C=O) groups is 2. The predicted octanol–water partition coefficient (Wildman–Crippen LogP) is 8.45. The van der Waals surface area contributed by atoms with Crippen LogP contribution in [0.4, 0.5) is 5.82 Å². The van der Waals surface area contributed by atoms with Crippen LogP contribution in [0.2, 0.25) is 0 Å². The SMILES string of the molecule is CCCCCC1OC1C/C=C\C/C=C\C/C=C\CCCC(=O)O[C@H](COC(=O)CCCCCCCCCCCC(C)C)COP(=O)(O)OP(=O)(O)OC[C@H]1O[C@@H](n2ccc(N)nc2=O)[C@H](O)[C@@H]1O. The number of hydrogen-bond donors (Lipinski definition) is 5. The number of phosphoric ester groups is 2. The second-order valence-electron chi connectivity index (χ2n) is 17.8. The number of hydrogen-bond acceptors (Lipinski definition) is 16. The summed E-state index contributed by atoms with van der Waals surface area (Å²) in [6, 6.07) is 1.24. The number of nitrogens with zero attached hydrogens (tertiary/aromatic N) is 2. The Morgan fingerprint density at radius 1 is 0.779 bits per heavy atom. The number of carbonyl (C=O) groups excluding carboxylic acids is 2. The van der Waals surface area contributed by atoms with Gasteiger partial charge in [-0.1, -0.05) is 134 Å². The van der Waals surface area contributed by atoms with Crippen molar-refractivity contribution in [3.8, 4) is 0 Å². The molecule has 6 N–H and O–H groups in total. The van der Waals surface area contributed by atoms with Gasteiger partial charge in [0.25, 0.3) is 0 Å². The smallest absolute Gasteiger partial charge is 0.462 e. The molecule has 0 spiro atoms. The van der Waals surface area contributed by atoms with Crippen molar-refractivity contribution in [2.45, 2.75) is 198 Å². The van der Waals surface area contributed by atoms with Gasteiger partial charge >= 0.3 is 33.3 Å². The quantitative estimate of drug-likeness (QED) is 0.0137. The van der Waals surface area contributed by atoms with E-state index in [0.717, 1.165) is 68.0 Å². The van der Waals surface area contributed by atoms with Crippen LogP contribution in [0.5, 0.6) is 0 Å². The molecule has 388 valence electrons. The highest BCUT2D eigenvalue weighted by atomic mass is 31.3. The Kier molecular flexibility index (Phi) is 28.5. The van der Waals surface area contributed by atoms with E-state index in [1.54, 1.807) is 0 Å². The third kappa shape index (κ3) is 25.7. The molecule has 0 amide bonds. The fourth-order valence-electron chi connectivity index (χ4n) is 7.41. The molecule has 9 atom stereocenters. The summed E-state index contributed by atoms with van der Waals surface area (Å²) in [5.41, 5.74) is 4.58. The predicted molar refractivity (Wildman–Crippen MR) is 256 cm³/mol. The number of aromatic nitrogens is 2. The first-order chi connectivity index (χ1) is 32.5. The summed E-state index contributed by atoms with van der Waals surface area (Å²) in [6.45, 7) is 4.32. The second kappa shape index (κ2) is 32.8. The minimum atomic E-state index is -5.43. The lowest BCUT2D eigenvalue weighted by atomic mass is 10.0. The van der Waals surface area contributed by atoms with E-state index < -0.39 is 83.7 Å². The zero-order valence-corrected chi connectivity index (χ0v) is 42.1. The summed E-state index contributed by atoms with van der Waals surface area (Å²) in [5.74, 6) is -0.635. The molecule has 1 aromatic rings. The highest BCUT2D eigenvalue weighted by Crippen LogP contribution is 2.60. The Hall–Kier alpha value is -3.06. The van der Waals surface area contributed by atoms with Crippen molar-refractivity contribution in [2.75, 3.05) is 25.6 Å². The highest BCUT2D eigenvalue weighted by Gasteiger charge is 2.46. The first-order valence-electron chi connectivity index (χ1n) is 24.5. The van der Waals surface area contributed by atoms with E-state index in [1.165, 1.54) is 57.4 Å². The molecule has 0 aliphatic carbocycles. The van der Waals surface area contributed by atoms with Gasteiger partial charge in [0.05, 0.1) is 25.4 Å². The Morgan fingerprint density at radius 2 is 1.41 bits per heavy atom. The largest absolute Gasteiger partial charge is 0.481 e.